The van der Waals surface area contributed by atoms with E-state index in [0.29, 0.717) is 22.3 Å². The quantitative estimate of drug-likeness (QED) is 0.718. The normalized spacial score (nSPS) is 12.8. The van der Waals surface area contributed by atoms with Gasteiger partial charge in [-0.2, -0.15) is 0 Å². The number of fused-ring (bicyclic) bond motifs is 1. The molecule has 0 bridgehead atoms. The smallest absolute Gasteiger partial charge is 0.134 e. The van der Waals surface area contributed by atoms with Gasteiger partial charge in [0.05, 0.1) is 6.04 Å². The van der Waals surface area contributed by atoms with Crippen molar-refractivity contribution in [3.8, 4) is 0 Å². The maximum Gasteiger partial charge on any atom is 0.134 e. The Morgan fingerprint density at radius 2 is 1.90 bits per heavy atom. The van der Waals surface area contributed by atoms with Gasteiger partial charge in [-0.25, -0.2) is 8.78 Å². The van der Waals surface area contributed by atoms with E-state index >= 15 is 0 Å². The van der Waals surface area contributed by atoms with E-state index in [0.717, 1.165) is 10.0 Å². The average Bonchev–Trinajstić information content (AvgIpc) is 2.78. The van der Waals surface area contributed by atoms with Gasteiger partial charge in [0.15, 0.2) is 0 Å². The molecule has 0 saturated heterocycles. The van der Waals surface area contributed by atoms with Crippen molar-refractivity contribution in [2.24, 2.45) is 5.73 Å². The highest BCUT2D eigenvalue weighted by atomic mass is 79.9. The Morgan fingerprint density at radius 1 is 1.14 bits per heavy atom. The molecule has 2 nitrogen and oxygen atoms in total. The summed E-state index contributed by atoms with van der Waals surface area (Å²) < 4.78 is 33.7. The Labute approximate surface area is 128 Å². The summed E-state index contributed by atoms with van der Waals surface area (Å²) in [4.78, 5) is 0. The third-order valence-electron chi connectivity index (χ3n) is 3.51. The summed E-state index contributed by atoms with van der Waals surface area (Å²) in [6.07, 6.45) is 0. The van der Waals surface area contributed by atoms with Crippen LogP contribution in [0.3, 0.4) is 0 Å². The lowest BCUT2D eigenvalue weighted by Gasteiger charge is -2.12. The van der Waals surface area contributed by atoms with Gasteiger partial charge in [-0.3, -0.25) is 0 Å². The van der Waals surface area contributed by atoms with Crippen LogP contribution in [0.5, 0.6) is 0 Å². The van der Waals surface area contributed by atoms with E-state index < -0.39 is 11.9 Å². The van der Waals surface area contributed by atoms with Gasteiger partial charge in [0.25, 0.3) is 0 Å². The van der Waals surface area contributed by atoms with Crippen molar-refractivity contribution in [2.45, 2.75) is 13.0 Å². The molecule has 108 valence electrons. The molecule has 0 radical (unpaired) electrons. The van der Waals surface area contributed by atoms with E-state index in [1.54, 1.807) is 25.1 Å². The number of nitrogens with two attached hydrogens (primary N) is 1. The van der Waals surface area contributed by atoms with E-state index in [9.17, 15) is 8.78 Å². The fraction of sp³-hybridized carbons (Fsp3) is 0.125. The molecule has 0 spiro atoms. The molecule has 5 heteroatoms. The summed E-state index contributed by atoms with van der Waals surface area (Å²) in [6, 6.07) is 8.07. The number of halogens is 3. The molecule has 3 aromatic rings. The van der Waals surface area contributed by atoms with Crippen molar-refractivity contribution < 1.29 is 13.2 Å². The molecule has 1 atom stereocenters. The highest BCUT2D eigenvalue weighted by molar-refractivity contribution is 9.10. The zero-order valence-corrected chi connectivity index (χ0v) is 12.7. The molecule has 0 saturated carbocycles. The van der Waals surface area contributed by atoms with Crippen LogP contribution < -0.4 is 5.73 Å². The van der Waals surface area contributed by atoms with E-state index in [-0.39, 0.29) is 5.82 Å². The second-order valence-corrected chi connectivity index (χ2v) is 5.79. The zero-order valence-electron chi connectivity index (χ0n) is 11.2. The Balaban J connectivity index is 2.15. The van der Waals surface area contributed by atoms with Crippen molar-refractivity contribution in [2.75, 3.05) is 0 Å². The molecule has 3 rings (SSSR count). The number of aryl methyl sites for hydroxylation is 1. The molecule has 0 aliphatic carbocycles. The van der Waals surface area contributed by atoms with Crippen LogP contribution in [0.4, 0.5) is 8.78 Å². The van der Waals surface area contributed by atoms with Gasteiger partial charge in [0.1, 0.15) is 23.0 Å². The van der Waals surface area contributed by atoms with Crippen LogP contribution in [0.15, 0.2) is 45.3 Å². The molecule has 0 aliphatic heterocycles. The average molecular weight is 352 g/mol. The topological polar surface area (TPSA) is 39.2 Å². The molecule has 0 amide bonds. The Kier molecular flexibility index (Phi) is 3.55. The largest absolute Gasteiger partial charge is 0.459 e. The Bertz CT molecular complexity index is 829. The SMILES string of the molecule is Cc1c(C(N)c2cc(Br)ccc2F)oc2ccc(F)cc12. The molecule has 2 aromatic carbocycles. The fourth-order valence-electron chi connectivity index (χ4n) is 2.40. The number of hydrogen-bond donors (Lipinski definition) is 1. The molecule has 1 heterocycles. The summed E-state index contributed by atoms with van der Waals surface area (Å²) >= 11 is 3.30. The number of hydrogen-bond acceptors (Lipinski definition) is 2. The summed E-state index contributed by atoms with van der Waals surface area (Å²) in [7, 11) is 0. The maximum absolute atomic E-state index is 14.0. The van der Waals surface area contributed by atoms with Crippen LogP contribution in [0, 0.1) is 18.6 Å². The summed E-state index contributed by atoms with van der Waals surface area (Å²) in [6.45, 7) is 1.79. The van der Waals surface area contributed by atoms with E-state index in [4.69, 9.17) is 10.2 Å². The van der Waals surface area contributed by atoms with Crippen molar-refractivity contribution in [1.82, 2.24) is 0 Å². The molecular weight excluding hydrogens is 340 g/mol. The van der Waals surface area contributed by atoms with Crippen LogP contribution in [-0.2, 0) is 0 Å². The highest BCUT2D eigenvalue weighted by Gasteiger charge is 2.21. The van der Waals surface area contributed by atoms with Crippen molar-refractivity contribution in [3.63, 3.8) is 0 Å². The van der Waals surface area contributed by atoms with E-state index in [1.165, 1.54) is 18.2 Å². The first-order chi connectivity index (χ1) is 9.97. The van der Waals surface area contributed by atoms with Crippen LogP contribution >= 0.6 is 15.9 Å². The second kappa shape index (κ2) is 5.24. The molecule has 0 aliphatic rings. The van der Waals surface area contributed by atoms with Crippen molar-refractivity contribution >= 4 is 26.9 Å². The number of rotatable bonds is 2. The summed E-state index contributed by atoms with van der Waals surface area (Å²) in [5.41, 5.74) is 7.72. The monoisotopic (exact) mass is 351 g/mol. The first-order valence-electron chi connectivity index (χ1n) is 6.36. The second-order valence-electron chi connectivity index (χ2n) is 4.88. The fourth-order valence-corrected chi connectivity index (χ4v) is 2.78. The van der Waals surface area contributed by atoms with Gasteiger partial charge >= 0.3 is 0 Å². The van der Waals surface area contributed by atoms with Gasteiger partial charge in [-0.1, -0.05) is 15.9 Å². The molecule has 1 aromatic heterocycles. The standard InChI is InChI=1S/C16H12BrF2NO/c1-8-11-7-10(18)3-5-14(11)21-16(8)15(20)12-6-9(17)2-4-13(12)19/h2-7,15H,20H2,1H3. The minimum Gasteiger partial charge on any atom is -0.459 e. The lowest BCUT2D eigenvalue weighted by atomic mass is 10.0. The minimum absolute atomic E-state index is 0.326. The maximum atomic E-state index is 14.0. The van der Waals surface area contributed by atoms with Crippen LogP contribution in [0.25, 0.3) is 11.0 Å². The molecule has 2 N–H and O–H groups in total. The van der Waals surface area contributed by atoms with E-state index in [1.807, 2.05) is 0 Å². The van der Waals surface area contributed by atoms with Crippen LogP contribution in [0.2, 0.25) is 0 Å². The zero-order chi connectivity index (χ0) is 15.1. The Hall–Kier alpha value is -1.72. The third kappa shape index (κ3) is 2.47. The summed E-state index contributed by atoms with van der Waals surface area (Å²) in [5.74, 6) is -0.315. The lowest BCUT2D eigenvalue weighted by Crippen LogP contribution is -2.14. The van der Waals surface area contributed by atoms with Crippen molar-refractivity contribution in [3.05, 3.63) is 69.4 Å². The van der Waals surface area contributed by atoms with Gasteiger partial charge in [0.2, 0.25) is 0 Å². The Morgan fingerprint density at radius 3 is 2.67 bits per heavy atom. The van der Waals surface area contributed by atoms with Gasteiger partial charge in [-0.15, -0.1) is 0 Å². The predicted molar refractivity (Wildman–Crippen MR) is 81.0 cm³/mol. The first-order valence-corrected chi connectivity index (χ1v) is 7.15. The van der Waals surface area contributed by atoms with Crippen molar-refractivity contribution in [1.29, 1.82) is 0 Å². The predicted octanol–water partition coefficient (Wildman–Crippen LogP) is 4.83. The molecule has 21 heavy (non-hydrogen) atoms. The molecular formula is C16H12BrF2NO. The van der Waals surface area contributed by atoms with E-state index in [2.05, 4.69) is 15.9 Å². The number of furan rings is 1. The van der Waals surface area contributed by atoms with Gasteiger partial charge in [-0.05, 0) is 43.3 Å². The lowest BCUT2D eigenvalue weighted by molar-refractivity contribution is 0.506. The molecule has 0 fully saturated rings. The third-order valence-corrected chi connectivity index (χ3v) is 4.00. The molecule has 1 unspecified atom stereocenters. The first kappa shape index (κ1) is 14.2. The number of benzene rings is 2. The minimum atomic E-state index is -0.752. The van der Waals surface area contributed by atoms with Crippen LogP contribution in [-0.4, -0.2) is 0 Å². The van der Waals surface area contributed by atoms with Gasteiger partial charge < -0.3 is 10.2 Å². The highest BCUT2D eigenvalue weighted by Crippen LogP contribution is 2.33. The van der Waals surface area contributed by atoms with Gasteiger partial charge in [0, 0.05) is 21.0 Å². The van der Waals surface area contributed by atoms with Crippen LogP contribution in [0.1, 0.15) is 22.9 Å². The summed E-state index contributed by atoms with van der Waals surface area (Å²) in [5, 5.41) is 0.649.